The van der Waals surface area contributed by atoms with Crippen molar-refractivity contribution >= 4 is 5.91 Å². The van der Waals surface area contributed by atoms with E-state index in [0.717, 1.165) is 31.5 Å². The summed E-state index contributed by atoms with van der Waals surface area (Å²) in [6, 6.07) is 8.29. The van der Waals surface area contributed by atoms with Crippen LogP contribution >= 0.6 is 0 Å². The van der Waals surface area contributed by atoms with Crippen LogP contribution in [0.2, 0.25) is 0 Å². The summed E-state index contributed by atoms with van der Waals surface area (Å²) in [5.74, 6) is 0.0853. The van der Waals surface area contributed by atoms with Crippen molar-refractivity contribution in [1.29, 1.82) is 0 Å². The Labute approximate surface area is 121 Å². The summed E-state index contributed by atoms with van der Waals surface area (Å²) in [4.78, 5) is 14.5. The Morgan fingerprint density at radius 1 is 1.30 bits per heavy atom. The van der Waals surface area contributed by atoms with Crippen LogP contribution in [0.5, 0.6) is 0 Å². The van der Waals surface area contributed by atoms with E-state index in [0.29, 0.717) is 6.54 Å². The number of ether oxygens (including phenoxy) is 1. The number of aryl methyl sites for hydroxylation is 1. The lowest BCUT2D eigenvalue weighted by atomic mass is 9.90. The van der Waals surface area contributed by atoms with Gasteiger partial charge in [-0.1, -0.05) is 29.8 Å². The lowest BCUT2D eigenvalue weighted by molar-refractivity contribution is -0.157. The third-order valence-corrected chi connectivity index (χ3v) is 4.08. The van der Waals surface area contributed by atoms with Gasteiger partial charge in [0.25, 0.3) is 5.91 Å². The number of benzene rings is 1. The lowest BCUT2D eigenvalue weighted by Crippen LogP contribution is -2.54. The van der Waals surface area contributed by atoms with Crippen molar-refractivity contribution in [2.45, 2.75) is 31.9 Å². The average Bonchev–Trinajstić information content (AvgIpc) is 2.49. The second kappa shape index (κ2) is 6.37. The highest BCUT2D eigenvalue weighted by molar-refractivity contribution is 5.85. The smallest absolute Gasteiger partial charge is 0.254 e. The molecule has 0 aliphatic carbocycles. The van der Waals surface area contributed by atoms with Gasteiger partial charge in [-0.2, -0.15) is 0 Å². The minimum atomic E-state index is -0.648. The van der Waals surface area contributed by atoms with Crippen LogP contribution in [0.15, 0.2) is 24.3 Å². The van der Waals surface area contributed by atoms with E-state index in [1.807, 2.05) is 7.05 Å². The molecule has 1 N–H and O–H groups in total. The van der Waals surface area contributed by atoms with Gasteiger partial charge in [-0.05, 0) is 38.4 Å². The third-order valence-electron chi connectivity index (χ3n) is 4.08. The zero-order valence-electron chi connectivity index (χ0n) is 12.6. The normalized spacial score (nSPS) is 17.8. The summed E-state index contributed by atoms with van der Waals surface area (Å²) in [6.45, 7) is 4.35. The average molecular weight is 276 g/mol. The molecule has 110 valence electrons. The number of methoxy groups -OCH3 is 1. The van der Waals surface area contributed by atoms with Crippen molar-refractivity contribution in [2.75, 3.05) is 27.2 Å². The monoisotopic (exact) mass is 276 g/mol. The molecular weight excluding hydrogens is 252 g/mol. The summed E-state index contributed by atoms with van der Waals surface area (Å²) < 4.78 is 5.59. The molecule has 20 heavy (non-hydrogen) atoms. The number of nitrogens with zero attached hydrogens (tertiary/aromatic N) is 1. The molecule has 1 aliphatic heterocycles. The standard InChI is InChI=1S/C16H24N2O2/c1-13-4-6-14(7-5-13)12-18(2)15(19)16(20-3)8-10-17-11-9-16/h4-7,17H,8-12H2,1-3H3. The molecule has 2 rings (SSSR count). The van der Waals surface area contributed by atoms with Crippen LogP contribution in [0, 0.1) is 6.92 Å². The zero-order chi connectivity index (χ0) is 14.6. The molecule has 1 fully saturated rings. The topological polar surface area (TPSA) is 41.6 Å². The highest BCUT2D eigenvalue weighted by Crippen LogP contribution is 2.25. The minimum absolute atomic E-state index is 0.0853. The van der Waals surface area contributed by atoms with Crippen LogP contribution in [0.4, 0.5) is 0 Å². The number of carbonyl (C=O) groups excluding carboxylic acids is 1. The Balaban J connectivity index is 2.05. The van der Waals surface area contributed by atoms with E-state index >= 15 is 0 Å². The van der Waals surface area contributed by atoms with Gasteiger partial charge in [0.1, 0.15) is 5.60 Å². The van der Waals surface area contributed by atoms with Gasteiger partial charge in [-0.15, -0.1) is 0 Å². The fourth-order valence-corrected chi connectivity index (χ4v) is 2.72. The maximum Gasteiger partial charge on any atom is 0.254 e. The molecule has 0 saturated carbocycles. The fraction of sp³-hybridized carbons (Fsp3) is 0.562. The Bertz CT molecular complexity index is 450. The number of rotatable bonds is 4. The molecule has 0 atom stereocenters. The maximum absolute atomic E-state index is 12.7. The van der Waals surface area contributed by atoms with Crippen LogP contribution in [-0.4, -0.2) is 43.7 Å². The van der Waals surface area contributed by atoms with Crippen LogP contribution in [0.1, 0.15) is 24.0 Å². The maximum atomic E-state index is 12.7. The van der Waals surface area contributed by atoms with E-state index in [-0.39, 0.29) is 5.91 Å². The van der Waals surface area contributed by atoms with Crippen molar-refractivity contribution in [3.8, 4) is 0 Å². The number of carbonyl (C=O) groups is 1. The van der Waals surface area contributed by atoms with Gasteiger partial charge in [-0.25, -0.2) is 0 Å². The molecule has 1 aromatic carbocycles. The first-order valence-electron chi connectivity index (χ1n) is 7.14. The quantitative estimate of drug-likeness (QED) is 0.910. The van der Waals surface area contributed by atoms with Gasteiger partial charge >= 0.3 is 0 Å². The van der Waals surface area contributed by atoms with Gasteiger partial charge in [0, 0.05) is 20.7 Å². The van der Waals surface area contributed by atoms with E-state index in [1.54, 1.807) is 12.0 Å². The number of nitrogens with one attached hydrogen (secondary N) is 1. The van der Waals surface area contributed by atoms with Gasteiger partial charge < -0.3 is 15.0 Å². The molecule has 1 aliphatic rings. The van der Waals surface area contributed by atoms with Crippen LogP contribution in [0.3, 0.4) is 0 Å². The Morgan fingerprint density at radius 2 is 1.90 bits per heavy atom. The van der Waals surface area contributed by atoms with Crippen molar-refractivity contribution in [3.05, 3.63) is 35.4 Å². The number of hydrogen-bond donors (Lipinski definition) is 1. The summed E-state index contributed by atoms with van der Waals surface area (Å²) in [6.07, 6.45) is 1.47. The summed E-state index contributed by atoms with van der Waals surface area (Å²) in [5.41, 5.74) is 1.73. The molecular formula is C16H24N2O2. The van der Waals surface area contributed by atoms with Gasteiger partial charge in [0.2, 0.25) is 0 Å². The summed E-state index contributed by atoms with van der Waals surface area (Å²) >= 11 is 0. The number of amides is 1. The molecule has 0 bridgehead atoms. The van der Waals surface area contributed by atoms with Gasteiger partial charge in [0.15, 0.2) is 0 Å². The second-order valence-electron chi connectivity index (χ2n) is 5.60. The van der Waals surface area contributed by atoms with E-state index < -0.39 is 5.60 Å². The molecule has 4 nitrogen and oxygen atoms in total. The van der Waals surface area contributed by atoms with Crippen molar-refractivity contribution in [2.24, 2.45) is 0 Å². The molecule has 0 radical (unpaired) electrons. The van der Waals surface area contributed by atoms with E-state index in [1.165, 1.54) is 5.56 Å². The Hall–Kier alpha value is -1.39. The molecule has 1 amide bonds. The molecule has 0 aromatic heterocycles. The van der Waals surface area contributed by atoms with E-state index in [9.17, 15) is 4.79 Å². The van der Waals surface area contributed by atoms with Crippen LogP contribution < -0.4 is 5.32 Å². The van der Waals surface area contributed by atoms with Crippen molar-refractivity contribution < 1.29 is 9.53 Å². The first-order chi connectivity index (χ1) is 9.57. The number of hydrogen-bond acceptors (Lipinski definition) is 3. The summed E-state index contributed by atoms with van der Waals surface area (Å²) in [7, 11) is 3.49. The molecule has 0 unspecified atom stereocenters. The Kier molecular flexibility index (Phi) is 4.78. The molecule has 1 heterocycles. The predicted molar refractivity (Wildman–Crippen MR) is 79.5 cm³/mol. The van der Waals surface area contributed by atoms with Gasteiger partial charge in [0.05, 0.1) is 0 Å². The molecule has 0 spiro atoms. The second-order valence-corrected chi connectivity index (χ2v) is 5.60. The first kappa shape index (κ1) is 15.0. The highest BCUT2D eigenvalue weighted by atomic mass is 16.5. The summed E-state index contributed by atoms with van der Waals surface area (Å²) in [5, 5.41) is 3.27. The molecule has 1 saturated heterocycles. The SMILES string of the molecule is COC1(C(=O)N(C)Cc2ccc(C)cc2)CCNCC1. The predicted octanol–water partition coefficient (Wildman–Crippen LogP) is 1.72. The molecule has 4 heteroatoms. The number of likely N-dealkylation sites (N-methyl/N-ethyl adjacent to an activating group) is 1. The number of piperidine rings is 1. The van der Waals surface area contributed by atoms with Gasteiger partial charge in [-0.3, -0.25) is 4.79 Å². The van der Waals surface area contributed by atoms with E-state index in [2.05, 4.69) is 36.5 Å². The third kappa shape index (κ3) is 3.19. The van der Waals surface area contributed by atoms with E-state index in [4.69, 9.17) is 4.74 Å². The molecule has 1 aromatic rings. The zero-order valence-corrected chi connectivity index (χ0v) is 12.6. The largest absolute Gasteiger partial charge is 0.368 e. The highest BCUT2D eigenvalue weighted by Gasteiger charge is 2.41. The lowest BCUT2D eigenvalue weighted by Gasteiger charge is -2.37. The van der Waals surface area contributed by atoms with Crippen molar-refractivity contribution in [3.63, 3.8) is 0 Å². The van der Waals surface area contributed by atoms with Crippen LogP contribution in [-0.2, 0) is 16.1 Å². The first-order valence-corrected chi connectivity index (χ1v) is 7.14. The fourth-order valence-electron chi connectivity index (χ4n) is 2.72. The Morgan fingerprint density at radius 3 is 2.45 bits per heavy atom. The van der Waals surface area contributed by atoms with Crippen LogP contribution in [0.25, 0.3) is 0 Å². The minimum Gasteiger partial charge on any atom is -0.368 e. The van der Waals surface area contributed by atoms with Crippen molar-refractivity contribution in [1.82, 2.24) is 10.2 Å².